The van der Waals surface area contributed by atoms with Crippen LogP contribution in [0.25, 0.3) is 0 Å². The first-order valence-electron chi connectivity index (χ1n) is 4.66. The molecule has 1 N–H and O–H groups in total. The van der Waals surface area contributed by atoms with Gasteiger partial charge in [-0.25, -0.2) is 4.98 Å². The monoisotopic (exact) mass is 236 g/mol. The molecule has 2 aromatic rings. The first-order chi connectivity index (χ1) is 7.75. The number of aromatic nitrogens is 1. The predicted octanol–water partition coefficient (Wildman–Crippen LogP) is 2.26. The molecule has 2 aromatic heterocycles. The summed E-state index contributed by atoms with van der Waals surface area (Å²) in [5.41, 5.74) is 1.39. The van der Waals surface area contributed by atoms with E-state index < -0.39 is 0 Å². The molecule has 0 unspecified atom stereocenters. The molecular weight excluding hydrogens is 228 g/mol. The number of carbonyl (C=O) groups excluding carboxylic acids is 1. The molecule has 16 heavy (non-hydrogen) atoms. The van der Waals surface area contributed by atoms with Gasteiger partial charge in [0.05, 0.1) is 18.1 Å². The number of furan rings is 1. The Kier molecular flexibility index (Phi) is 3.22. The molecule has 1 amide bonds. The number of hydrogen-bond donors (Lipinski definition) is 1. The second-order valence-electron chi connectivity index (χ2n) is 3.18. The van der Waals surface area contributed by atoms with Crippen molar-refractivity contribution in [2.24, 2.45) is 0 Å². The molecule has 2 heterocycles. The van der Waals surface area contributed by atoms with E-state index in [4.69, 9.17) is 16.0 Å². The summed E-state index contributed by atoms with van der Waals surface area (Å²) in [5, 5.41) is 3.11. The minimum Gasteiger partial charge on any atom is -0.472 e. The summed E-state index contributed by atoms with van der Waals surface area (Å²) in [4.78, 5) is 15.5. The van der Waals surface area contributed by atoms with Gasteiger partial charge in [0.25, 0.3) is 5.91 Å². The molecule has 0 radical (unpaired) electrons. The van der Waals surface area contributed by atoms with Gasteiger partial charge in [-0.3, -0.25) is 4.79 Å². The molecule has 0 saturated carbocycles. The van der Waals surface area contributed by atoms with Crippen molar-refractivity contribution in [2.45, 2.75) is 6.54 Å². The number of pyridine rings is 1. The van der Waals surface area contributed by atoms with Crippen molar-refractivity contribution < 1.29 is 9.21 Å². The Balaban J connectivity index is 1.95. The van der Waals surface area contributed by atoms with Crippen LogP contribution in [0.4, 0.5) is 0 Å². The van der Waals surface area contributed by atoms with Gasteiger partial charge in [-0.05, 0) is 18.2 Å². The fraction of sp³-hybridized carbons (Fsp3) is 0.0909. The summed E-state index contributed by atoms with van der Waals surface area (Å²) in [5.74, 6) is -0.189. The van der Waals surface area contributed by atoms with Crippen LogP contribution in [0.15, 0.2) is 41.3 Å². The van der Waals surface area contributed by atoms with Gasteiger partial charge < -0.3 is 9.73 Å². The Morgan fingerprint density at radius 3 is 2.94 bits per heavy atom. The summed E-state index contributed by atoms with van der Waals surface area (Å²) in [6.07, 6.45) is 4.58. The molecule has 0 atom stereocenters. The van der Waals surface area contributed by atoms with E-state index in [9.17, 15) is 4.79 Å². The van der Waals surface area contributed by atoms with Gasteiger partial charge in [0, 0.05) is 18.3 Å². The zero-order chi connectivity index (χ0) is 11.4. The molecule has 0 aromatic carbocycles. The number of carbonyl (C=O) groups is 1. The second kappa shape index (κ2) is 4.81. The summed E-state index contributed by atoms with van der Waals surface area (Å²) >= 11 is 5.62. The van der Waals surface area contributed by atoms with Crippen LogP contribution in [0.3, 0.4) is 0 Å². The van der Waals surface area contributed by atoms with Crippen LogP contribution in [-0.2, 0) is 6.54 Å². The van der Waals surface area contributed by atoms with E-state index >= 15 is 0 Å². The van der Waals surface area contributed by atoms with Crippen LogP contribution in [-0.4, -0.2) is 10.9 Å². The zero-order valence-corrected chi connectivity index (χ0v) is 9.07. The molecule has 5 heteroatoms. The van der Waals surface area contributed by atoms with Crippen molar-refractivity contribution in [3.05, 3.63) is 53.2 Å². The quantitative estimate of drug-likeness (QED) is 0.832. The lowest BCUT2D eigenvalue weighted by atomic mass is 10.2. The van der Waals surface area contributed by atoms with E-state index in [0.717, 1.165) is 5.56 Å². The maximum atomic E-state index is 11.6. The molecule has 0 spiro atoms. The Morgan fingerprint density at radius 2 is 2.31 bits per heavy atom. The van der Waals surface area contributed by atoms with Crippen LogP contribution in [0, 0.1) is 0 Å². The van der Waals surface area contributed by atoms with E-state index in [1.807, 2.05) is 0 Å². The van der Waals surface area contributed by atoms with Crippen molar-refractivity contribution in [2.75, 3.05) is 0 Å². The number of amides is 1. The van der Waals surface area contributed by atoms with Crippen LogP contribution >= 0.6 is 11.6 Å². The lowest BCUT2D eigenvalue weighted by Crippen LogP contribution is -2.22. The Morgan fingerprint density at radius 1 is 1.44 bits per heavy atom. The number of rotatable bonds is 3. The second-order valence-corrected chi connectivity index (χ2v) is 3.57. The highest BCUT2D eigenvalue weighted by atomic mass is 35.5. The van der Waals surface area contributed by atoms with E-state index in [0.29, 0.717) is 17.3 Å². The smallest absolute Gasteiger partial charge is 0.253 e. The maximum absolute atomic E-state index is 11.6. The normalized spacial score (nSPS) is 10.1. The van der Waals surface area contributed by atoms with E-state index in [1.54, 1.807) is 30.7 Å². The molecular formula is C11H9ClN2O2. The number of halogens is 1. The van der Waals surface area contributed by atoms with E-state index in [2.05, 4.69) is 10.3 Å². The molecule has 82 valence electrons. The third-order valence-corrected chi connectivity index (χ3v) is 2.25. The molecule has 0 saturated heterocycles. The van der Waals surface area contributed by atoms with Gasteiger partial charge in [0.1, 0.15) is 5.15 Å². The summed E-state index contributed by atoms with van der Waals surface area (Å²) in [7, 11) is 0. The fourth-order valence-corrected chi connectivity index (χ4v) is 1.30. The molecule has 0 fully saturated rings. The highest BCUT2D eigenvalue weighted by Gasteiger charge is 2.05. The van der Waals surface area contributed by atoms with Gasteiger partial charge in [0.2, 0.25) is 0 Å². The van der Waals surface area contributed by atoms with Crippen LogP contribution in [0.5, 0.6) is 0 Å². The number of nitrogens with one attached hydrogen (secondary N) is 1. The number of hydrogen-bond acceptors (Lipinski definition) is 3. The molecule has 2 rings (SSSR count). The summed E-state index contributed by atoms with van der Waals surface area (Å²) in [6, 6.07) is 4.99. The average Bonchev–Trinajstić information content (AvgIpc) is 2.80. The lowest BCUT2D eigenvalue weighted by Gasteiger charge is -2.02. The predicted molar refractivity (Wildman–Crippen MR) is 59.1 cm³/mol. The maximum Gasteiger partial charge on any atom is 0.253 e. The zero-order valence-electron chi connectivity index (χ0n) is 8.31. The standard InChI is InChI=1S/C11H9ClN2O2/c12-10-2-1-9(6-13-10)11(15)14-5-8-3-4-16-7-8/h1-4,6-7H,5H2,(H,14,15). The minimum absolute atomic E-state index is 0.189. The molecule has 0 bridgehead atoms. The highest BCUT2D eigenvalue weighted by Crippen LogP contribution is 2.05. The first-order valence-corrected chi connectivity index (χ1v) is 5.04. The van der Waals surface area contributed by atoms with Crippen molar-refractivity contribution in [3.63, 3.8) is 0 Å². The van der Waals surface area contributed by atoms with Gasteiger partial charge >= 0.3 is 0 Å². The van der Waals surface area contributed by atoms with Crippen LogP contribution in [0.2, 0.25) is 5.15 Å². The van der Waals surface area contributed by atoms with Gasteiger partial charge in [-0.1, -0.05) is 11.6 Å². The Labute approximate surface area is 97.2 Å². The largest absolute Gasteiger partial charge is 0.472 e. The third-order valence-electron chi connectivity index (χ3n) is 2.02. The van der Waals surface area contributed by atoms with Crippen molar-refractivity contribution in [3.8, 4) is 0 Å². The van der Waals surface area contributed by atoms with E-state index in [-0.39, 0.29) is 5.91 Å². The topological polar surface area (TPSA) is 55.1 Å². The van der Waals surface area contributed by atoms with Gasteiger partial charge in [-0.2, -0.15) is 0 Å². The molecule has 0 aliphatic heterocycles. The SMILES string of the molecule is O=C(NCc1ccoc1)c1ccc(Cl)nc1. The molecule has 4 nitrogen and oxygen atoms in total. The molecule has 0 aliphatic carbocycles. The average molecular weight is 237 g/mol. The lowest BCUT2D eigenvalue weighted by molar-refractivity contribution is 0.0950. The van der Waals surface area contributed by atoms with E-state index in [1.165, 1.54) is 6.20 Å². The van der Waals surface area contributed by atoms with Crippen LogP contribution < -0.4 is 5.32 Å². The Hall–Kier alpha value is -1.81. The van der Waals surface area contributed by atoms with Crippen LogP contribution in [0.1, 0.15) is 15.9 Å². The first kappa shape index (κ1) is 10.7. The minimum atomic E-state index is -0.189. The van der Waals surface area contributed by atoms with Gasteiger partial charge in [-0.15, -0.1) is 0 Å². The van der Waals surface area contributed by atoms with Gasteiger partial charge in [0.15, 0.2) is 0 Å². The third kappa shape index (κ3) is 2.61. The van der Waals surface area contributed by atoms with Crippen molar-refractivity contribution in [1.29, 1.82) is 0 Å². The van der Waals surface area contributed by atoms with Crippen molar-refractivity contribution in [1.82, 2.24) is 10.3 Å². The van der Waals surface area contributed by atoms with Crippen molar-refractivity contribution >= 4 is 17.5 Å². The summed E-state index contributed by atoms with van der Waals surface area (Å²) in [6.45, 7) is 0.429. The fourth-order valence-electron chi connectivity index (χ4n) is 1.19. The molecule has 0 aliphatic rings. The summed E-state index contributed by atoms with van der Waals surface area (Å²) < 4.78 is 4.89. The highest BCUT2D eigenvalue weighted by molar-refractivity contribution is 6.29. The number of nitrogens with zero attached hydrogens (tertiary/aromatic N) is 1. The Bertz CT molecular complexity index is 465.